The fourth-order valence-electron chi connectivity index (χ4n) is 4.08. The van der Waals surface area contributed by atoms with Crippen LogP contribution >= 0.6 is 11.8 Å². The van der Waals surface area contributed by atoms with Crippen molar-refractivity contribution in [3.05, 3.63) is 63.9 Å². The molecule has 0 saturated carbocycles. The molecule has 3 aromatic rings. The minimum atomic E-state index is -0.425. The van der Waals surface area contributed by atoms with Gasteiger partial charge in [-0.15, -0.1) is 0 Å². The van der Waals surface area contributed by atoms with Crippen molar-refractivity contribution in [3.8, 4) is 0 Å². The second-order valence-electron chi connectivity index (χ2n) is 9.36. The van der Waals surface area contributed by atoms with E-state index < -0.39 is 5.25 Å². The molecule has 0 spiro atoms. The molecule has 0 aliphatic heterocycles. The van der Waals surface area contributed by atoms with Crippen molar-refractivity contribution in [2.45, 2.75) is 77.5 Å². The van der Waals surface area contributed by atoms with Crippen LogP contribution in [0.25, 0.3) is 10.9 Å². The molecule has 0 aliphatic rings. The van der Waals surface area contributed by atoms with Gasteiger partial charge in [-0.25, -0.2) is 4.98 Å². The predicted molar refractivity (Wildman–Crippen MR) is 143 cm³/mol. The van der Waals surface area contributed by atoms with E-state index in [0.717, 1.165) is 23.4 Å². The van der Waals surface area contributed by atoms with Crippen LogP contribution in [0.5, 0.6) is 0 Å². The first-order chi connectivity index (χ1) is 16.1. The molecule has 182 valence electrons. The molecule has 3 rings (SSSR count). The highest BCUT2D eigenvalue weighted by Gasteiger charge is 2.21. The van der Waals surface area contributed by atoms with Crippen LogP contribution in [0.2, 0.25) is 0 Å². The van der Waals surface area contributed by atoms with Crippen LogP contribution in [0.3, 0.4) is 0 Å². The summed E-state index contributed by atoms with van der Waals surface area (Å²) in [6.07, 6.45) is 0. The summed E-state index contributed by atoms with van der Waals surface area (Å²) in [6, 6.07) is 14.1. The van der Waals surface area contributed by atoms with E-state index in [-0.39, 0.29) is 11.5 Å². The molecule has 1 unspecified atom stereocenters. The number of thioether (sulfide) groups is 1. The molecule has 0 aliphatic carbocycles. The molecule has 6 nitrogen and oxygen atoms in total. The number of hydrogen-bond acceptors (Lipinski definition) is 5. The number of carbonyl (C=O) groups excluding carboxylic acids is 1. The van der Waals surface area contributed by atoms with Crippen molar-refractivity contribution in [2.75, 3.05) is 11.9 Å². The number of amides is 1. The highest BCUT2D eigenvalue weighted by Crippen LogP contribution is 2.25. The summed E-state index contributed by atoms with van der Waals surface area (Å²) in [5.41, 5.74) is 3.50. The van der Waals surface area contributed by atoms with E-state index in [9.17, 15) is 9.59 Å². The Morgan fingerprint density at radius 1 is 1.06 bits per heavy atom. The van der Waals surface area contributed by atoms with Crippen LogP contribution < -0.4 is 10.9 Å². The highest BCUT2D eigenvalue weighted by atomic mass is 32.2. The zero-order valence-electron chi connectivity index (χ0n) is 21.3. The first-order valence-corrected chi connectivity index (χ1v) is 12.8. The lowest BCUT2D eigenvalue weighted by Crippen LogP contribution is -2.40. The van der Waals surface area contributed by atoms with Crippen LogP contribution in [0.1, 0.15) is 45.7 Å². The van der Waals surface area contributed by atoms with Crippen molar-refractivity contribution in [3.63, 3.8) is 0 Å². The topological polar surface area (TPSA) is 67.2 Å². The minimum Gasteiger partial charge on any atom is -0.325 e. The van der Waals surface area contributed by atoms with Crippen LogP contribution in [-0.2, 0) is 11.3 Å². The molecule has 2 aromatic carbocycles. The second-order valence-corrected chi connectivity index (χ2v) is 10.7. The van der Waals surface area contributed by atoms with E-state index >= 15 is 0 Å². The molecule has 7 heteroatoms. The monoisotopic (exact) mass is 480 g/mol. The molecule has 1 atom stereocenters. The summed E-state index contributed by atoms with van der Waals surface area (Å²) < 4.78 is 1.73. The summed E-state index contributed by atoms with van der Waals surface area (Å²) in [7, 11) is 0. The largest absolute Gasteiger partial charge is 0.325 e. The van der Waals surface area contributed by atoms with Crippen LogP contribution in [0.4, 0.5) is 5.69 Å². The number of nitrogens with zero attached hydrogens (tertiary/aromatic N) is 3. The molecule has 0 bridgehead atoms. The third-order valence-electron chi connectivity index (χ3n) is 6.04. The Morgan fingerprint density at radius 2 is 1.74 bits per heavy atom. The molecular formula is C27H36N4O2S. The van der Waals surface area contributed by atoms with Gasteiger partial charge in [0, 0.05) is 30.9 Å². The maximum atomic E-state index is 13.4. The fourth-order valence-corrected chi connectivity index (χ4v) is 5.01. The van der Waals surface area contributed by atoms with Gasteiger partial charge in [-0.2, -0.15) is 0 Å². The zero-order chi connectivity index (χ0) is 25.0. The van der Waals surface area contributed by atoms with Crippen LogP contribution in [0.15, 0.2) is 52.4 Å². The molecule has 1 aromatic heterocycles. The summed E-state index contributed by atoms with van der Waals surface area (Å²) >= 11 is 1.33. The van der Waals surface area contributed by atoms with Crippen molar-refractivity contribution < 1.29 is 4.79 Å². The Labute approximate surface area is 206 Å². The first-order valence-electron chi connectivity index (χ1n) is 11.9. The first kappa shape index (κ1) is 26.0. The smallest absolute Gasteiger partial charge is 0.262 e. The van der Waals surface area contributed by atoms with Gasteiger partial charge in [-0.05, 0) is 77.8 Å². The standard InChI is InChI=1S/C27H36N4O2S/c1-17(2)30(18(3)4)14-15-31-26(33)22-10-8-9-11-23(22)29-27(31)34-21(7)25(32)28-24-16-19(5)12-13-20(24)6/h8-13,16-18,21H,14-15H2,1-7H3,(H,28,32). The molecule has 1 heterocycles. The molecule has 0 radical (unpaired) electrons. The lowest BCUT2D eigenvalue weighted by Gasteiger charge is -2.31. The molecule has 34 heavy (non-hydrogen) atoms. The van der Waals surface area contributed by atoms with E-state index in [1.165, 1.54) is 11.8 Å². The molecule has 1 N–H and O–H groups in total. The Balaban J connectivity index is 1.90. The van der Waals surface area contributed by atoms with Gasteiger partial charge in [0.05, 0.1) is 16.2 Å². The maximum Gasteiger partial charge on any atom is 0.262 e. The minimum absolute atomic E-state index is 0.0669. The van der Waals surface area contributed by atoms with E-state index in [1.54, 1.807) is 4.57 Å². The number of rotatable bonds is 9. The Kier molecular flexibility index (Phi) is 8.55. The van der Waals surface area contributed by atoms with Gasteiger partial charge in [0.1, 0.15) is 0 Å². The average Bonchev–Trinajstić information content (AvgIpc) is 2.77. The highest BCUT2D eigenvalue weighted by molar-refractivity contribution is 8.00. The normalized spacial score (nSPS) is 12.6. The van der Waals surface area contributed by atoms with Gasteiger partial charge in [0.15, 0.2) is 5.16 Å². The maximum absolute atomic E-state index is 13.4. The van der Waals surface area contributed by atoms with Gasteiger partial charge in [0.2, 0.25) is 5.91 Å². The third-order valence-corrected chi connectivity index (χ3v) is 7.13. The fraction of sp³-hybridized carbons (Fsp3) is 0.444. The number of para-hydroxylation sites is 1. The molecule has 0 fully saturated rings. The quantitative estimate of drug-likeness (QED) is 0.335. The predicted octanol–water partition coefficient (Wildman–Crippen LogP) is 5.25. The van der Waals surface area contributed by atoms with Crippen molar-refractivity contribution in [2.24, 2.45) is 0 Å². The van der Waals surface area contributed by atoms with Gasteiger partial charge in [-0.1, -0.05) is 36.0 Å². The second kappa shape index (κ2) is 11.2. The lowest BCUT2D eigenvalue weighted by molar-refractivity contribution is -0.115. The molecule has 0 saturated heterocycles. The van der Waals surface area contributed by atoms with Crippen LogP contribution in [0, 0.1) is 13.8 Å². The van der Waals surface area contributed by atoms with Crippen molar-refractivity contribution in [1.82, 2.24) is 14.5 Å². The number of aromatic nitrogens is 2. The number of aryl methyl sites for hydroxylation is 2. The third kappa shape index (κ3) is 6.07. The van der Waals surface area contributed by atoms with E-state index in [4.69, 9.17) is 4.98 Å². The number of carbonyl (C=O) groups is 1. The van der Waals surface area contributed by atoms with E-state index in [0.29, 0.717) is 34.7 Å². The number of hydrogen-bond donors (Lipinski definition) is 1. The van der Waals surface area contributed by atoms with E-state index in [1.807, 2.05) is 63.2 Å². The Morgan fingerprint density at radius 3 is 2.41 bits per heavy atom. The van der Waals surface area contributed by atoms with E-state index in [2.05, 4.69) is 37.9 Å². The molecule has 1 amide bonds. The lowest BCUT2D eigenvalue weighted by atomic mass is 10.1. The van der Waals surface area contributed by atoms with Gasteiger partial charge < -0.3 is 5.32 Å². The van der Waals surface area contributed by atoms with Gasteiger partial charge >= 0.3 is 0 Å². The summed E-state index contributed by atoms with van der Waals surface area (Å²) in [4.78, 5) is 33.6. The van der Waals surface area contributed by atoms with Crippen LogP contribution in [-0.4, -0.2) is 44.2 Å². The number of fused-ring (bicyclic) bond motifs is 1. The SMILES string of the molecule is Cc1ccc(C)c(NC(=O)C(C)Sc2nc3ccccc3c(=O)n2CCN(C(C)C)C(C)C)c1. The zero-order valence-corrected chi connectivity index (χ0v) is 22.1. The Hall–Kier alpha value is -2.64. The van der Waals surface area contributed by atoms with Gasteiger partial charge in [0.25, 0.3) is 5.56 Å². The number of nitrogens with one attached hydrogen (secondary N) is 1. The summed E-state index contributed by atoms with van der Waals surface area (Å²) in [5, 5.41) is 3.78. The molecular weight excluding hydrogens is 444 g/mol. The average molecular weight is 481 g/mol. The number of benzene rings is 2. The van der Waals surface area contributed by atoms with Gasteiger partial charge in [-0.3, -0.25) is 19.1 Å². The Bertz CT molecular complexity index is 1210. The summed E-state index contributed by atoms with van der Waals surface area (Å²) in [6.45, 7) is 15.7. The number of anilines is 1. The van der Waals surface area contributed by atoms with Crippen molar-refractivity contribution >= 4 is 34.3 Å². The van der Waals surface area contributed by atoms with Crippen molar-refractivity contribution in [1.29, 1.82) is 0 Å². The summed E-state index contributed by atoms with van der Waals surface area (Å²) in [5.74, 6) is -0.112.